The molecule has 2 fully saturated rings. The monoisotopic (exact) mass is 414 g/mol. The predicted octanol–water partition coefficient (Wildman–Crippen LogP) is 3.40. The van der Waals surface area contributed by atoms with Crippen molar-refractivity contribution in [3.63, 3.8) is 0 Å². The van der Waals surface area contributed by atoms with Crippen LogP contribution in [0.2, 0.25) is 0 Å². The molecule has 30 heavy (non-hydrogen) atoms. The first-order valence-corrected chi connectivity index (χ1v) is 10.1. The normalized spacial score (nSPS) is 26.3. The van der Waals surface area contributed by atoms with E-state index in [9.17, 15) is 18.4 Å². The van der Waals surface area contributed by atoms with Gasteiger partial charge in [-0.2, -0.15) is 0 Å². The molecule has 3 unspecified atom stereocenters. The van der Waals surface area contributed by atoms with Crippen molar-refractivity contribution in [2.75, 3.05) is 11.4 Å². The maximum Gasteiger partial charge on any atom is 0.270 e. The highest BCUT2D eigenvalue weighted by Gasteiger charge is 2.51. The minimum atomic E-state index is -0.707. The van der Waals surface area contributed by atoms with E-state index in [1.54, 1.807) is 19.2 Å². The molecule has 2 aromatic rings. The van der Waals surface area contributed by atoms with Gasteiger partial charge in [-0.15, -0.1) is 0 Å². The summed E-state index contributed by atoms with van der Waals surface area (Å²) >= 11 is 0. The third-order valence-corrected chi connectivity index (χ3v) is 6.08. The third-order valence-electron chi connectivity index (χ3n) is 6.08. The van der Waals surface area contributed by atoms with Gasteiger partial charge in [0.15, 0.2) is 0 Å². The van der Waals surface area contributed by atoms with Crippen LogP contribution in [0.25, 0.3) is 0 Å². The highest BCUT2D eigenvalue weighted by atomic mass is 19.1. The van der Waals surface area contributed by atoms with E-state index in [1.165, 1.54) is 17.0 Å². The molecular weight excluding hydrogens is 390 g/mol. The Morgan fingerprint density at radius 2 is 1.97 bits per heavy atom. The second kappa shape index (κ2) is 7.74. The van der Waals surface area contributed by atoms with E-state index in [1.807, 2.05) is 0 Å². The number of nitrogens with zero attached hydrogens (tertiary/aromatic N) is 3. The summed E-state index contributed by atoms with van der Waals surface area (Å²) in [5.41, 5.74) is -0.103. The lowest BCUT2D eigenvalue weighted by atomic mass is 9.67. The average Bonchev–Trinajstić information content (AvgIpc) is 2.96. The molecule has 1 aliphatic carbocycles. The largest absolute Gasteiger partial charge is 0.348 e. The number of anilines is 1. The summed E-state index contributed by atoms with van der Waals surface area (Å²) in [7, 11) is 0. The smallest absolute Gasteiger partial charge is 0.270 e. The minimum Gasteiger partial charge on any atom is -0.348 e. The van der Waals surface area contributed by atoms with Crippen LogP contribution in [0.4, 0.5) is 14.5 Å². The maximum absolute atomic E-state index is 13.7. The molecule has 158 valence electrons. The van der Waals surface area contributed by atoms with E-state index in [2.05, 4.69) is 22.2 Å². The molecule has 2 amide bonds. The molecule has 1 saturated heterocycles. The van der Waals surface area contributed by atoms with E-state index in [-0.39, 0.29) is 29.5 Å². The SMILES string of the molecule is Cc1nccc(C(=O)NC2CC(C)CC3(CCN(c4cc(F)cc(F)c4)C3=O)C2)n1. The summed E-state index contributed by atoms with van der Waals surface area (Å²) < 4.78 is 27.3. The molecule has 1 N–H and O–H groups in total. The molecule has 0 bridgehead atoms. The second-order valence-corrected chi connectivity index (χ2v) is 8.52. The van der Waals surface area contributed by atoms with Gasteiger partial charge in [0.1, 0.15) is 23.2 Å². The summed E-state index contributed by atoms with van der Waals surface area (Å²) in [5, 5.41) is 3.02. The zero-order valence-corrected chi connectivity index (χ0v) is 17.0. The van der Waals surface area contributed by atoms with Crippen LogP contribution in [0, 0.1) is 29.9 Å². The van der Waals surface area contributed by atoms with Crippen LogP contribution in [0.5, 0.6) is 0 Å². The average molecular weight is 414 g/mol. The molecule has 2 aliphatic rings. The van der Waals surface area contributed by atoms with E-state index in [0.29, 0.717) is 37.3 Å². The highest BCUT2D eigenvalue weighted by molar-refractivity contribution is 6.00. The van der Waals surface area contributed by atoms with Gasteiger partial charge in [0.05, 0.1) is 5.41 Å². The van der Waals surface area contributed by atoms with E-state index < -0.39 is 17.0 Å². The van der Waals surface area contributed by atoms with Crippen molar-refractivity contribution in [3.05, 3.63) is 53.6 Å². The summed E-state index contributed by atoms with van der Waals surface area (Å²) in [6.07, 6.45) is 4.09. The Labute approximate surface area is 173 Å². The number of halogens is 2. The van der Waals surface area contributed by atoms with Crippen LogP contribution in [-0.2, 0) is 4.79 Å². The summed E-state index contributed by atoms with van der Waals surface area (Å²) in [6, 6.07) is 4.55. The van der Waals surface area contributed by atoms with Crippen LogP contribution in [0.15, 0.2) is 30.5 Å². The van der Waals surface area contributed by atoms with Gasteiger partial charge >= 0.3 is 0 Å². The van der Waals surface area contributed by atoms with Gasteiger partial charge < -0.3 is 10.2 Å². The number of benzene rings is 1. The van der Waals surface area contributed by atoms with Crippen LogP contribution in [-0.4, -0.2) is 34.4 Å². The molecule has 2 heterocycles. The molecule has 0 radical (unpaired) electrons. The number of aryl methyl sites for hydroxylation is 1. The summed E-state index contributed by atoms with van der Waals surface area (Å²) in [5.74, 6) is -1.09. The Morgan fingerprint density at radius 1 is 1.23 bits per heavy atom. The van der Waals surface area contributed by atoms with Crippen molar-refractivity contribution in [1.82, 2.24) is 15.3 Å². The van der Waals surface area contributed by atoms with Crippen LogP contribution in [0.1, 0.15) is 48.9 Å². The lowest BCUT2D eigenvalue weighted by Gasteiger charge is -2.40. The summed E-state index contributed by atoms with van der Waals surface area (Å²) in [4.78, 5) is 35.6. The third kappa shape index (κ3) is 3.91. The first-order chi connectivity index (χ1) is 14.3. The molecule has 1 aromatic heterocycles. The lowest BCUT2D eigenvalue weighted by molar-refractivity contribution is -0.128. The Hall–Kier alpha value is -2.90. The summed E-state index contributed by atoms with van der Waals surface area (Å²) in [6.45, 7) is 4.18. The first kappa shape index (κ1) is 20.4. The molecule has 1 spiro atoms. The number of rotatable bonds is 3. The fourth-order valence-corrected chi connectivity index (χ4v) is 4.97. The van der Waals surface area contributed by atoms with Crippen molar-refractivity contribution in [3.8, 4) is 0 Å². The lowest BCUT2D eigenvalue weighted by Crippen LogP contribution is -2.48. The molecular formula is C22H24F2N4O2. The number of carbonyl (C=O) groups is 2. The van der Waals surface area contributed by atoms with Gasteiger partial charge in [0.2, 0.25) is 5.91 Å². The molecule has 4 rings (SSSR count). The standard InChI is InChI=1S/C22H24F2N4O2/c1-13-7-17(27-20(29)19-3-5-25-14(2)26-19)12-22(11-13)4-6-28(21(22)30)18-9-15(23)8-16(24)10-18/h3,5,8-10,13,17H,4,6-7,11-12H2,1-2H3,(H,27,29). The number of hydrogen-bond acceptors (Lipinski definition) is 4. The minimum absolute atomic E-state index is 0.129. The van der Waals surface area contributed by atoms with E-state index in [0.717, 1.165) is 12.5 Å². The fourth-order valence-electron chi connectivity index (χ4n) is 4.97. The highest BCUT2D eigenvalue weighted by Crippen LogP contribution is 2.48. The molecule has 6 nitrogen and oxygen atoms in total. The van der Waals surface area contributed by atoms with Crippen molar-refractivity contribution in [2.24, 2.45) is 11.3 Å². The Balaban J connectivity index is 1.52. The van der Waals surface area contributed by atoms with Gasteiger partial charge in [-0.05, 0) is 56.7 Å². The topological polar surface area (TPSA) is 75.2 Å². The number of nitrogens with one attached hydrogen (secondary N) is 1. The zero-order valence-electron chi connectivity index (χ0n) is 17.0. The zero-order chi connectivity index (χ0) is 21.5. The van der Waals surface area contributed by atoms with Gasteiger partial charge in [-0.1, -0.05) is 6.92 Å². The van der Waals surface area contributed by atoms with Crippen LogP contribution < -0.4 is 10.2 Å². The molecule has 8 heteroatoms. The number of amides is 2. The predicted molar refractivity (Wildman–Crippen MR) is 107 cm³/mol. The van der Waals surface area contributed by atoms with Crippen molar-refractivity contribution in [1.29, 1.82) is 0 Å². The van der Waals surface area contributed by atoms with Crippen molar-refractivity contribution >= 4 is 17.5 Å². The number of hydrogen-bond donors (Lipinski definition) is 1. The molecule has 1 aliphatic heterocycles. The van der Waals surface area contributed by atoms with Crippen molar-refractivity contribution < 1.29 is 18.4 Å². The van der Waals surface area contributed by atoms with Crippen LogP contribution >= 0.6 is 0 Å². The van der Waals surface area contributed by atoms with Gasteiger partial charge in [0.25, 0.3) is 5.91 Å². The van der Waals surface area contributed by atoms with E-state index >= 15 is 0 Å². The van der Waals surface area contributed by atoms with Gasteiger partial charge in [-0.25, -0.2) is 18.7 Å². The van der Waals surface area contributed by atoms with Gasteiger partial charge in [0, 0.05) is 30.5 Å². The number of carbonyl (C=O) groups excluding carboxylic acids is 2. The molecule has 1 saturated carbocycles. The van der Waals surface area contributed by atoms with Crippen molar-refractivity contribution in [2.45, 2.75) is 45.6 Å². The second-order valence-electron chi connectivity index (χ2n) is 8.52. The Kier molecular flexibility index (Phi) is 5.26. The molecule has 1 aromatic carbocycles. The fraction of sp³-hybridized carbons (Fsp3) is 0.455. The molecule has 3 atom stereocenters. The quantitative estimate of drug-likeness (QED) is 0.835. The Morgan fingerprint density at radius 3 is 2.67 bits per heavy atom. The Bertz CT molecular complexity index is 979. The van der Waals surface area contributed by atoms with Crippen LogP contribution in [0.3, 0.4) is 0 Å². The number of aromatic nitrogens is 2. The van der Waals surface area contributed by atoms with Gasteiger partial charge in [-0.3, -0.25) is 9.59 Å². The van der Waals surface area contributed by atoms with E-state index in [4.69, 9.17) is 0 Å². The first-order valence-electron chi connectivity index (χ1n) is 10.1. The maximum atomic E-state index is 13.7.